The molecular formula is C10H21N3O2S2. The molecule has 2 N–H and O–H groups in total. The van der Waals surface area contributed by atoms with E-state index in [9.17, 15) is 8.42 Å². The van der Waals surface area contributed by atoms with Gasteiger partial charge in [-0.25, -0.2) is 12.7 Å². The third-order valence-electron chi connectivity index (χ3n) is 2.91. The average molecular weight is 279 g/mol. The average Bonchev–Trinajstić information content (AvgIpc) is 2.15. The van der Waals surface area contributed by atoms with E-state index in [-0.39, 0.29) is 10.7 Å². The molecule has 7 heteroatoms. The molecule has 0 bridgehead atoms. The molecule has 0 aromatic rings. The van der Waals surface area contributed by atoms with Crippen molar-refractivity contribution in [3.8, 4) is 0 Å². The van der Waals surface area contributed by atoms with Crippen LogP contribution >= 0.6 is 12.2 Å². The quantitative estimate of drug-likeness (QED) is 0.711. The number of nitrogens with zero attached hydrogens (tertiary/aromatic N) is 2. The molecule has 100 valence electrons. The fraction of sp³-hybridized carbons (Fsp3) is 0.900. The summed E-state index contributed by atoms with van der Waals surface area (Å²) in [6.45, 7) is 2.19. The summed E-state index contributed by atoms with van der Waals surface area (Å²) in [5.41, 5.74) is 5.30. The molecule has 1 fully saturated rings. The third kappa shape index (κ3) is 4.87. The summed E-state index contributed by atoms with van der Waals surface area (Å²) in [6.07, 6.45) is 1.82. The zero-order chi connectivity index (χ0) is 13.1. The van der Waals surface area contributed by atoms with Crippen LogP contribution in [-0.4, -0.2) is 62.1 Å². The molecule has 0 aliphatic carbocycles. The number of piperidine rings is 1. The highest BCUT2D eigenvalue weighted by molar-refractivity contribution is 7.92. The van der Waals surface area contributed by atoms with Crippen LogP contribution in [-0.2, 0) is 10.0 Å². The van der Waals surface area contributed by atoms with Crippen LogP contribution in [0.1, 0.15) is 12.8 Å². The first kappa shape index (κ1) is 14.8. The van der Waals surface area contributed by atoms with E-state index in [4.69, 9.17) is 5.73 Å². The summed E-state index contributed by atoms with van der Waals surface area (Å²) in [6, 6.07) is 0. The van der Waals surface area contributed by atoms with Gasteiger partial charge in [0.25, 0.3) is 0 Å². The molecular weight excluding hydrogens is 258 g/mol. The molecule has 5 nitrogen and oxygen atoms in total. The molecule has 0 saturated carbocycles. The number of thiocarbonyl (C=S) groups is 1. The lowest BCUT2D eigenvalue weighted by Crippen LogP contribution is -2.43. The molecule has 0 spiro atoms. The molecule has 0 aromatic heterocycles. The number of hydrogen-bond acceptors (Lipinski definition) is 4. The smallest absolute Gasteiger partial charge is 0.220 e. The molecule has 17 heavy (non-hydrogen) atoms. The lowest BCUT2D eigenvalue weighted by Gasteiger charge is -2.32. The minimum absolute atomic E-state index is 0.0421. The van der Waals surface area contributed by atoms with Gasteiger partial charge in [-0.15, -0.1) is 0 Å². The van der Waals surface area contributed by atoms with E-state index < -0.39 is 10.0 Å². The Kier molecular flexibility index (Phi) is 5.30. The zero-order valence-electron chi connectivity index (χ0n) is 10.4. The maximum Gasteiger partial charge on any atom is 0.220 e. The van der Waals surface area contributed by atoms with Gasteiger partial charge in [0.05, 0.1) is 4.99 Å². The number of rotatable bonds is 5. The highest BCUT2D eigenvalue weighted by atomic mass is 32.2. The summed E-state index contributed by atoms with van der Waals surface area (Å²) >= 11 is 4.66. The first-order valence-corrected chi connectivity index (χ1v) is 7.74. The number of nitrogens with two attached hydrogens (primary N) is 1. The lowest BCUT2D eigenvalue weighted by molar-refractivity contribution is 0.225. The molecule has 1 saturated heterocycles. The van der Waals surface area contributed by atoms with Crippen LogP contribution < -0.4 is 5.73 Å². The van der Waals surface area contributed by atoms with Gasteiger partial charge in [-0.3, -0.25) is 0 Å². The highest BCUT2D eigenvalue weighted by Crippen LogP contribution is 2.20. The van der Waals surface area contributed by atoms with Crippen molar-refractivity contribution in [3.05, 3.63) is 0 Å². The predicted molar refractivity (Wildman–Crippen MR) is 73.4 cm³/mol. The van der Waals surface area contributed by atoms with E-state index in [1.807, 2.05) is 14.1 Å². The van der Waals surface area contributed by atoms with Crippen LogP contribution in [0.3, 0.4) is 0 Å². The Morgan fingerprint density at radius 1 is 1.41 bits per heavy atom. The summed E-state index contributed by atoms with van der Waals surface area (Å²) < 4.78 is 25.3. The topological polar surface area (TPSA) is 66.6 Å². The van der Waals surface area contributed by atoms with Gasteiger partial charge in [0.15, 0.2) is 0 Å². The lowest BCUT2D eigenvalue weighted by atomic mass is 9.98. The maximum atomic E-state index is 11.9. The molecule has 0 radical (unpaired) electrons. The second-order valence-electron chi connectivity index (χ2n) is 4.83. The SMILES string of the molecule is CN(C)CC1CCN(S(=O)(=O)CC(N)=S)CC1. The minimum Gasteiger partial charge on any atom is -0.392 e. The highest BCUT2D eigenvalue weighted by Gasteiger charge is 2.28. The molecule has 0 unspecified atom stereocenters. The maximum absolute atomic E-state index is 11.9. The van der Waals surface area contributed by atoms with Crippen molar-refractivity contribution in [1.82, 2.24) is 9.21 Å². The van der Waals surface area contributed by atoms with Crippen LogP contribution in [0.2, 0.25) is 0 Å². The monoisotopic (exact) mass is 279 g/mol. The second kappa shape index (κ2) is 6.08. The van der Waals surface area contributed by atoms with Crippen molar-refractivity contribution in [2.24, 2.45) is 11.7 Å². The van der Waals surface area contributed by atoms with Gasteiger partial charge in [-0.05, 0) is 32.9 Å². The van der Waals surface area contributed by atoms with Crippen molar-refractivity contribution < 1.29 is 8.42 Å². The Bertz CT molecular complexity index is 360. The predicted octanol–water partition coefficient (Wildman–Crippen LogP) is -0.124. The van der Waals surface area contributed by atoms with Crippen molar-refractivity contribution in [1.29, 1.82) is 0 Å². The van der Waals surface area contributed by atoms with Gasteiger partial charge < -0.3 is 10.6 Å². The van der Waals surface area contributed by atoms with E-state index in [1.54, 1.807) is 0 Å². The van der Waals surface area contributed by atoms with Crippen molar-refractivity contribution in [2.45, 2.75) is 12.8 Å². The van der Waals surface area contributed by atoms with Gasteiger partial charge in [0, 0.05) is 19.6 Å². The van der Waals surface area contributed by atoms with Crippen LogP contribution in [0.5, 0.6) is 0 Å². The third-order valence-corrected chi connectivity index (χ3v) is 5.07. The molecule has 1 heterocycles. The van der Waals surface area contributed by atoms with Gasteiger partial charge in [0.2, 0.25) is 10.0 Å². The minimum atomic E-state index is -3.28. The summed E-state index contributed by atoms with van der Waals surface area (Å²) in [5, 5.41) is 0. The summed E-state index contributed by atoms with van der Waals surface area (Å²) in [7, 11) is 0.794. The van der Waals surface area contributed by atoms with Crippen molar-refractivity contribution in [3.63, 3.8) is 0 Å². The van der Waals surface area contributed by atoms with E-state index >= 15 is 0 Å². The standard InChI is InChI=1S/C10H21N3O2S2/c1-12(2)7-9-3-5-13(6-4-9)17(14,15)8-10(11)16/h9H,3-8H2,1-2H3,(H2,11,16). The fourth-order valence-corrected chi connectivity index (χ4v) is 3.91. The zero-order valence-corrected chi connectivity index (χ0v) is 12.1. The van der Waals surface area contributed by atoms with Crippen LogP contribution in [0.25, 0.3) is 0 Å². The van der Waals surface area contributed by atoms with E-state index in [0.717, 1.165) is 19.4 Å². The largest absolute Gasteiger partial charge is 0.392 e. The summed E-state index contributed by atoms with van der Waals surface area (Å²) in [5.74, 6) is 0.377. The van der Waals surface area contributed by atoms with Gasteiger partial charge >= 0.3 is 0 Å². The molecule has 0 atom stereocenters. The Labute approximate surface area is 109 Å². The molecule has 0 aromatic carbocycles. The molecule has 1 rings (SSSR count). The Hall–Kier alpha value is -0.240. The molecule has 0 amide bonds. The number of hydrogen-bond donors (Lipinski definition) is 1. The van der Waals surface area contributed by atoms with E-state index in [0.29, 0.717) is 19.0 Å². The normalized spacial score (nSPS) is 19.7. The first-order valence-electron chi connectivity index (χ1n) is 5.72. The Morgan fingerprint density at radius 3 is 2.35 bits per heavy atom. The van der Waals surface area contributed by atoms with E-state index in [1.165, 1.54) is 4.31 Å². The summed E-state index contributed by atoms with van der Waals surface area (Å²) in [4.78, 5) is 2.18. The van der Waals surface area contributed by atoms with Gasteiger partial charge in [0.1, 0.15) is 5.75 Å². The van der Waals surface area contributed by atoms with Crippen LogP contribution in [0.4, 0.5) is 0 Å². The van der Waals surface area contributed by atoms with Gasteiger partial charge in [-0.2, -0.15) is 0 Å². The van der Waals surface area contributed by atoms with Crippen molar-refractivity contribution >= 4 is 27.2 Å². The Balaban J connectivity index is 2.49. The second-order valence-corrected chi connectivity index (χ2v) is 7.32. The Morgan fingerprint density at radius 2 is 1.94 bits per heavy atom. The number of sulfonamides is 1. The first-order chi connectivity index (χ1) is 7.81. The van der Waals surface area contributed by atoms with Crippen LogP contribution in [0, 0.1) is 5.92 Å². The van der Waals surface area contributed by atoms with Crippen LogP contribution in [0.15, 0.2) is 0 Å². The van der Waals surface area contributed by atoms with Crippen molar-refractivity contribution in [2.75, 3.05) is 39.5 Å². The van der Waals surface area contributed by atoms with E-state index in [2.05, 4.69) is 17.1 Å². The fourth-order valence-electron chi connectivity index (χ4n) is 2.16. The van der Waals surface area contributed by atoms with Gasteiger partial charge in [-0.1, -0.05) is 12.2 Å². The molecule has 1 aliphatic heterocycles. The molecule has 1 aliphatic rings.